The zero-order valence-electron chi connectivity index (χ0n) is 43.7. The number of hydrogen-bond donors (Lipinski definition) is 2. The maximum atomic E-state index is 13.3. The van der Waals surface area contributed by atoms with Crippen LogP contribution >= 0.6 is 11.6 Å². The van der Waals surface area contributed by atoms with Gasteiger partial charge in [-0.2, -0.15) is 26.3 Å². The molecule has 0 fully saturated rings. The summed E-state index contributed by atoms with van der Waals surface area (Å²) in [4.78, 5) is 52.6. The lowest BCUT2D eigenvalue weighted by atomic mass is 9.96. The second-order valence-corrected chi connectivity index (χ2v) is 20.3. The summed E-state index contributed by atoms with van der Waals surface area (Å²) in [5, 5.41) is 2.19. The van der Waals surface area contributed by atoms with Crippen LogP contribution in [0.1, 0.15) is 95.6 Å². The molecular formula is C58H59ClF6N4O8. The fourth-order valence-corrected chi connectivity index (χ4v) is 8.53. The highest BCUT2D eigenvalue weighted by Crippen LogP contribution is 2.39. The van der Waals surface area contributed by atoms with Gasteiger partial charge < -0.3 is 39.8 Å². The first-order chi connectivity index (χ1) is 36.0. The molecule has 3 N–H and O–H groups in total. The highest BCUT2D eigenvalue weighted by molar-refractivity contribution is 6.68. The Bertz CT molecular complexity index is 3100. The molecular weight excluding hydrogens is 1030 g/mol. The average Bonchev–Trinajstić information content (AvgIpc) is 3.36. The van der Waals surface area contributed by atoms with Gasteiger partial charge >= 0.3 is 24.5 Å². The smallest absolute Gasteiger partial charge is 0.416 e. The first-order valence-corrected chi connectivity index (χ1v) is 24.6. The van der Waals surface area contributed by atoms with Crippen LogP contribution < -0.4 is 20.5 Å². The number of carbonyl (C=O) groups excluding carboxylic acids is 4. The van der Waals surface area contributed by atoms with Crippen LogP contribution in [-0.2, 0) is 47.8 Å². The van der Waals surface area contributed by atoms with E-state index in [0.29, 0.717) is 72.0 Å². The van der Waals surface area contributed by atoms with Crippen molar-refractivity contribution in [2.45, 2.75) is 91.0 Å². The Morgan fingerprint density at radius 2 is 0.961 bits per heavy atom. The van der Waals surface area contributed by atoms with Gasteiger partial charge in [-0.3, -0.25) is 9.59 Å². The Morgan fingerprint density at radius 3 is 1.38 bits per heavy atom. The van der Waals surface area contributed by atoms with Crippen LogP contribution in [0.5, 0.6) is 11.5 Å². The second kappa shape index (κ2) is 24.1. The van der Waals surface area contributed by atoms with E-state index in [1.165, 1.54) is 50.1 Å². The predicted molar refractivity (Wildman–Crippen MR) is 283 cm³/mol. The van der Waals surface area contributed by atoms with Crippen LogP contribution in [0.3, 0.4) is 0 Å². The summed E-state index contributed by atoms with van der Waals surface area (Å²) in [6.45, 7) is 13.3. The van der Waals surface area contributed by atoms with Gasteiger partial charge in [0.05, 0.1) is 30.9 Å². The highest BCUT2D eigenvalue weighted by Gasteiger charge is 2.32. The third-order valence-corrected chi connectivity index (χ3v) is 12.2. The molecule has 19 heteroatoms. The summed E-state index contributed by atoms with van der Waals surface area (Å²) in [5.74, 6) is 0.302. The van der Waals surface area contributed by atoms with Gasteiger partial charge in [0.1, 0.15) is 22.7 Å². The van der Waals surface area contributed by atoms with E-state index in [9.17, 15) is 45.5 Å². The lowest BCUT2D eigenvalue weighted by Crippen LogP contribution is -2.39. The molecule has 0 spiro atoms. The first kappa shape index (κ1) is 58.5. The van der Waals surface area contributed by atoms with Crippen molar-refractivity contribution < 1.29 is 64.5 Å². The standard InChI is InChI=1S/C29H29F3N2O4.C15H10ClF3O2.C14H20N2O2/c1-28(2,3)38-27(36)34-15-14-19-16-22(13-10-20(19)17-34)33-26(35)23-6-5-7-24(37-4)25(23)18-8-11-21(12-9-18)29(30,31)32;1-21-12-4-2-3-11(14(16)20)13(12)9-5-7-10(8-6-9)15(17,18)19;1-14(2,3)18-13(17)16-7-6-10-8-12(15)5-4-11(10)9-16/h5-13,16H,14-15,17H2,1-4H3,(H,33,35);2-8H,1H3;4-5,8H,6-7,9,15H2,1-3H3. The van der Waals surface area contributed by atoms with Crippen molar-refractivity contribution in [3.8, 4) is 33.8 Å². The molecule has 2 aliphatic heterocycles. The highest BCUT2D eigenvalue weighted by atomic mass is 35.5. The van der Waals surface area contributed by atoms with Gasteiger partial charge in [0.2, 0.25) is 0 Å². The Balaban J connectivity index is 0.000000207. The summed E-state index contributed by atoms with van der Waals surface area (Å²) in [6, 6.07) is 30.0. The number of ether oxygens (including phenoxy) is 4. The van der Waals surface area contributed by atoms with Crippen molar-refractivity contribution in [1.29, 1.82) is 0 Å². The first-order valence-electron chi connectivity index (χ1n) is 24.2. The Kier molecular flexibility index (Phi) is 18.3. The summed E-state index contributed by atoms with van der Waals surface area (Å²) in [5.41, 5.74) is 10.9. The van der Waals surface area contributed by atoms with E-state index in [1.54, 1.807) is 46.2 Å². The Labute approximate surface area is 448 Å². The number of alkyl halides is 6. The molecule has 6 aromatic rings. The van der Waals surface area contributed by atoms with E-state index in [1.807, 2.05) is 71.9 Å². The van der Waals surface area contributed by atoms with Gasteiger partial charge in [0.15, 0.2) is 0 Å². The summed E-state index contributed by atoms with van der Waals surface area (Å²) in [6.07, 6.45) is -8.05. The van der Waals surface area contributed by atoms with Gasteiger partial charge in [0.25, 0.3) is 11.1 Å². The molecule has 0 unspecified atom stereocenters. The number of nitrogen functional groups attached to an aromatic ring is 1. The van der Waals surface area contributed by atoms with Crippen LogP contribution in [0.4, 0.5) is 47.3 Å². The van der Waals surface area contributed by atoms with Gasteiger partial charge in [0, 0.05) is 54.2 Å². The predicted octanol–water partition coefficient (Wildman–Crippen LogP) is 14.2. The number of rotatable bonds is 7. The van der Waals surface area contributed by atoms with Crippen molar-refractivity contribution in [3.05, 3.63) is 166 Å². The topological polar surface area (TPSA) is 150 Å². The van der Waals surface area contributed by atoms with Crippen molar-refractivity contribution in [1.82, 2.24) is 9.80 Å². The number of nitrogens with two attached hydrogens (primary N) is 1. The number of methoxy groups -OCH3 is 2. The number of nitrogens with one attached hydrogen (secondary N) is 1. The third-order valence-electron chi connectivity index (χ3n) is 12.0. The minimum atomic E-state index is -4.46. The minimum absolute atomic E-state index is 0.177. The van der Waals surface area contributed by atoms with Crippen LogP contribution in [0.25, 0.3) is 22.3 Å². The Morgan fingerprint density at radius 1 is 0.545 bits per heavy atom. The number of nitrogens with zero attached hydrogens (tertiary/aromatic N) is 2. The van der Waals surface area contributed by atoms with E-state index in [0.717, 1.165) is 53.1 Å². The average molecular weight is 1090 g/mol. The van der Waals surface area contributed by atoms with Crippen LogP contribution in [0.2, 0.25) is 0 Å². The quantitative estimate of drug-likeness (QED) is 0.0905. The fraction of sp³-hybridized carbons (Fsp3) is 0.310. The molecule has 0 radical (unpaired) electrons. The van der Waals surface area contributed by atoms with E-state index >= 15 is 0 Å². The van der Waals surface area contributed by atoms with E-state index in [4.69, 9.17) is 36.3 Å². The third kappa shape index (κ3) is 15.7. The molecule has 3 amide bonds. The molecule has 0 bridgehead atoms. The van der Waals surface area contributed by atoms with Crippen molar-refractivity contribution in [2.75, 3.05) is 38.4 Å². The molecule has 0 aromatic heterocycles. The largest absolute Gasteiger partial charge is 0.496 e. The van der Waals surface area contributed by atoms with Crippen molar-refractivity contribution >= 4 is 46.3 Å². The van der Waals surface area contributed by atoms with Crippen LogP contribution in [0.15, 0.2) is 121 Å². The van der Waals surface area contributed by atoms with Crippen LogP contribution in [0, 0.1) is 0 Å². The van der Waals surface area contributed by atoms with Crippen LogP contribution in [-0.4, -0.2) is 71.6 Å². The molecule has 8 rings (SSSR count). The lowest BCUT2D eigenvalue weighted by Gasteiger charge is -2.31. The molecule has 2 heterocycles. The zero-order chi connectivity index (χ0) is 56.6. The summed E-state index contributed by atoms with van der Waals surface area (Å²) in [7, 11) is 2.85. The molecule has 6 aromatic carbocycles. The van der Waals surface area contributed by atoms with Gasteiger partial charge in [-0.1, -0.05) is 48.5 Å². The number of hydrogen-bond acceptors (Lipinski definition) is 9. The zero-order valence-corrected chi connectivity index (χ0v) is 44.4. The lowest BCUT2D eigenvalue weighted by molar-refractivity contribution is -0.138. The number of amides is 3. The van der Waals surface area contributed by atoms with Crippen molar-refractivity contribution in [3.63, 3.8) is 0 Å². The molecule has 0 saturated heterocycles. The molecule has 408 valence electrons. The summed E-state index contributed by atoms with van der Waals surface area (Å²) < 4.78 is 98.3. The molecule has 12 nitrogen and oxygen atoms in total. The van der Waals surface area contributed by atoms with Crippen molar-refractivity contribution in [2.24, 2.45) is 0 Å². The number of halogens is 7. The number of carbonyl (C=O) groups is 4. The van der Waals surface area contributed by atoms with E-state index < -0.39 is 45.8 Å². The maximum Gasteiger partial charge on any atom is 0.416 e. The normalized spacial score (nSPS) is 13.3. The molecule has 77 heavy (non-hydrogen) atoms. The molecule has 0 atom stereocenters. The van der Waals surface area contributed by atoms with Gasteiger partial charge in [-0.25, -0.2) is 9.59 Å². The SMILES string of the molecule is CC(C)(C)OC(=O)N1CCc2cc(N)ccc2C1.COc1cccc(C(=O)Cl)c1-c1ccc(C(F)(F)F)cc1.COc1cccc(C(=O)Nc2ccc3c(c2)CCN(C(=O)OC(C)(C)C)C3)c1-c1ccc(C(F)(F)F)cc1. The second-order valence-electron chi connectivity index (χ2n) is 20.0. The van der Waals surface area contributed by atoms with E-state index in [-0.39, 0.29) is 23.3 Å². The van der Waals surface area contributed by atoms with E-state index in [2.05, 4.69) is 5.32 Å². The summed E-state index contributed by atoms with van der Waals surface area (Å²) >= 11 is 5.52. The monoisotopic (exact) mass is 1090 g/mol. The Hall–Kier alpha value is -7.73. The molecule has 0 saturated carbocycles. The minimum Gasteiger partial charge on any atom is -0.496 e. The number of benzene rings is 6. The number of fused-ring (bicyclic) bond motifs is 2. The molecule has 2 aliphatic rings. The maximum absolute atomic E-state index is 13.3. The molecule has 0 aliphatic carbocycles. The fourth-order valence-electron chi connectivity index (χ4n) is 8.37. The van der Waals surface area contributed by atoms with Gasteiger partial charge in [-0.05, 0) is 172 Å². The van der Waals surface area contributed by atoms with Gasteiger partial charge in [-0.15, -0.1) is 0 Å². The number of anilines is 2.